The van der Waals surface area contributed by atoms with Crippen molar-refractivity contribution in [2.75, 3.05) is 6.61 Å². The maximum atomic E-state index is 13.3. The number of benzene rings is 1. The summed E-state index contributed by atoms with van der Waals surface area (Å²) in [6.45, 7) is -0.694. The van der Waals surface area contributed by atoms with Crippen LogP contribution in [0, 0.1) is 0 Å². The van der Waals surface area contributed by atoms with Gasteiger partial charge in [0.1, 0.15) is 30.5 Å². The summed E-state index contributed by atoms with van der Waals surface area (Å²) >= 11 is 0. The molecule has 2 heterocycles. The van der Waals surface area contributed by atoms with Gasteiger partial charge in [0.15, 0.2) is 24.1 Å². The van der Waals surface area contributed by atoms with Crippen LogP contribution in [-0.4, -0.2) is 70.3 Å². The van der Waals surface area contributed by atoms with Crippen molar-refractivity contribution in [3.63, 3.8) is 0 Å². The van der Waals surface area contributed by atoms with Crippen LogP contribution in [0.15, 0.2) is 18.2 Å². The van der Waals surface area contributed by atoms with Gasteiger partial charge in [-0.15, -0.1) is 8.78 Å². The Morgan fingerprint density at radius 1 is 1.19 bits per heavy atom. The number of aldehydes is 1. The summed E-state index contributed by atoms with van der Waals surface area (Å²) in [6, 6.07) is 3.80. The predicted molar refractivity (Wildman–Crippen MR) is 76.3 cm³/mol. The quantitative estimate of drug-likeness (QED) is 0.479. The molecule has 2 aliphatic rings. The van der Waals surface area contributed by atoms with Crippen molar-refractivity contribution in [3.8, 4) is 11.5 Å². The molecule has 0 amide bonds. The van der Waals surface area contributed by atoms with E-state index >= 15 is 0 Å². The number of halogens is 2. The molecule has 1 aromatic rings. The van der Waals surface area contributed by atoms with Crippen molar-refractivity contribution in [3.05, 3.63) is 23.8 Å². The molecule has 2 aliphatic heterocycles. The fourth-order valence-corrected chi connectivity index (χ4v) is 2.72. The van der Waals surface area contributed by atoms with Crippen molar-refractivity contribution in [2.45, 2.75) is 43.1 Å². The summed E-state index contributed by atoms with van der Waals surface area (Å²) in [5.74, 6) is -0.726. The summed E-state index contributed by atoms with van der Waals surface area (Å²) in [5, 5.41) is 38.6. The van der Waals surface area contributed by atoms with Gasteiger partial charge in [0.2, 0.25) is 0 Å². The number of carbonyl (C=O) groups excluding carboxylic acids is 1. The zero-order chi connectivity index (χ0) is 19.1. The molecule has 4 N–H and O–H groups in total. The van der Waals surface area contributed by atoms with Gasteiger partial charge in [-0.05, 0) is 6.07 Å². The van der Waals surface area contributed by atoms with Crippen molar-refractivity contribution < 1.29 is 52.9 Å². The molecule has 0 saturated carbocycles. The lowest BCUT2D eigenvalue weighted by Crippen LogP contribution is -2.59. The van der Waals surface area contributed by atoms with Crippen molar-refractivity contribution in [1.82, 2.24) is 0 Å². The first kappa shape index (κ1) is 18.9. The highest BCUT2D eigenvalue weighted by molar-refractivity contribution is 5.65. The third-order valence-electron chi connectivity index (χ3n) is 4.02. The molecule has 0 radical (unpaired) electrons. The highest BCUT2D eigenvalue weighted by Crippen LogP contribution is 2.45. The minimum absolute atomic E-state index is 0.119. The van der Waals surface area contributed by atoms with Crippen molar-refractivity contribution in [1.29, 1.82) is 0 Å². The third-order valence-corrected chi connectivity index (χ3v) is 4.02. The van der Waals surface area contributed by atoms with E-state index in [9.17, 15) is 28.9 Å². The molecule has 0 spiro atoms. The molecule has 3 rings (SSSR count). The Balaban J connectivity index is 1.83. The van der Waals surface area contributed by atoms with Crippen LogP contribution in [0.5, 0.6) is 11.5 Å². The first-order chi connectivity index (χ1) is 12.3. The highest BCUT2D eigenvalue weighted by Gasteiger charge is 2.47. The molecule has 1 fully saturated rings. The van der Waals surface area contributed by atoms with Gasteiger partial charge >= 0.3 is 6.29 Å². The Labute approximate surface area is 145 Å². The SMILES string of the molecule is O=CC(O[C@@H]1O[C@H](CO)[C@@H](O)[C@H](O)[C@H]1O)c1cccc2c1OC(F)(F)O2. The summed E-state index contributed by atoms with van der Waals surface area (Å²) in [4.78, 5) is 11.4. The fraction of sp³-hybridized carbons (Fsp3) is 0.533. The standard InChI is InChI=1S/C15H16F2O9/c16-15(17)25-7-3-1-2-6(13(7)26-15)8(4-18)23-14-12(22)11(21)10(20)9(5-19)24-14/h1-4,8-12,14,19-22H,5H2/t8?,9-,10-,11+,12-,14-/m1/s1. The van der Waals surface area contributed by atoms with Crippen molar-refractivity contribution in [2.24, 2.45) is 0 Å². The van der Waals surface area contributed by atoms with Gasteiger partial charge < -0.3 is 44.2 Å². The lowest BCUT2D eigenvalue weighted by Gasteiger charge is -2.40. The maximum Gasteiger partial charge on any atom is 0.586 e. The molecular formula is C15H16F2O9. The van der Waals surface area contributed by atoms with E-state index in [1.54, 1.807) is 0 Å². The average molecular weight is 378 g/mol. The van der Waals surface area contributed by atoms with E-state index in [4.69, 9.17) is 14.6 Å². The fourth-order valence-electron chi connectivity index (χ4n) is 2.72. The summed E-state index contributed by atoms with van der Waals surface area (Å²) < 4.78 is 45.6. The first-order valence-corrected chi connectivity index (χ1v) is 7.57. The van der Waals surface area contributed by atoms with Crippen LogP contribution in [0.2, 0.25) is 0 Å². The van der Waals surface area contributed by atoms with E-state index in [-0.39, 0.29) is 17.6 Å². The van der Waals surface area contributed by atoms with Crippen LogP contribution < -0.4 is 9.47 Å². The second kappa shape index (κ2) is 7.02. The monoisotopic (exact) mass is 378 g/mol. The molecule has 6 atom stereocenters. The summed E-state index contributed by atoms with van der Waals surface area (Å²) in [7, 11) is 0. The van der Waals surface area contributed by atoms with E-state index in [1.165, 1.54) is 18.2 Å². The van der Waals surface area contributed by atoms with Crippen LogP contribution in [0.1, 0.15) is 11.7 Å². The number of ether oxygens (including phenoxy) is 4. The largest absolute Gasteiger partial charge is 0.586 e. The lowest BCUT2D eigenvalue weighted by atomic mass is 9.99. The predicted octanol–water partition coefficient (Wildman–Crippen LogP) is -0.935. The van der Waals surface area contributed by atoms with E-state index in [0.29, 0.717) is 0 Å². The zero-order valence-electron chi connectivity index (χ0n) is 13.1. The van der Waals surface area contributed by atoms with Crippen LogP contribution in [0.25, 0.3) is 0 Å². The molecule has 0 bridgehead atoms. The number of hydrogen-bond acceptors (Lipinski definition) is 9. The third kappa shape index (κ3) is 3.37. The molecule has 26 heavy (non-hydrogen) atoms. The van der Waals surface area contributed by atoms with Gasteiger partial charge in [0, 0.05) is 5.56 Å². The van der Waals surface area contributed by atoms with Gasteiger partial charge in [-0.25, -0.2) is 0 Å². The molecule has 1 aromatic carbocycles. The van der Waals surface area contributed by atoms with Crippen LogP contribution in [-0.2, 0) is 14.3 Å². The number of aliphatic hydroxyl groups excluding tert-OH is 4. The minimum Gasteiger partial charge on any atom is -0.395 e. The molecule has 9 nitrogen and oxygen atoms in total. The molecular weight excluding hydrogens is 362 g/mol. The minimum atomic E-state index is -3.91. The zero-order valence-corrected chi connectivity index (χ0v) is 13.1. The highest BCUT2D eigenvalue weighted by atomic mass is 19.3. The maximum absolute atomic E-state index is 13.3. The van der Waals surface area contributed by atoms with Crippen molar-refractivity contribution >= 4 is 6.29 Å². The van der Waals surface area contributed by atoms with E-state index in [0.717, 1.165) is 0 Å². The lowest BCUT2D eigenvalue weighted by molar-refractivity contribution is -0.309. The number of aliphatic hydroxyl groups is 4. The Morgan fingerprint density at radius 3 is 2.58 bits per heavy atom. The summed E-state index contributed by atoms with van der Waals surface area (Å²) in [5.41, 5.74) is -0.119. The number of fused-ring (bicyclic) bond motifs is 1. The number of carbonyl (C=O) groups is 1. The smallest absolute Gasteiger partial charge is 0.395 e. The summed E-state index contributed by atoms with van der Waals surface area (Å²) in [6.07, 6.45) is -13.2. The van der Waals surface area contributed by atoms with Crippen LogP contribution >= 0.6 is 0 Å². The Hall–Kier alpha value is -1.89. The Morgan fingerprint density at radius 2 is 1.92 bits per heavy atom. The van der Waals surface area contributed by atoms with Gasteiger partial charge in [0.05, 0.1) is 6.61 Å². The molecule has 0 aliphatic carbocycles. The second-order valence-corrected chi connectivity index (χ2v) is 5.73. The molecule has 1 unspecified atom stereocenters. The van der Waals surface area contributed by atoms with Gasteiger partial charge in [-0.1, -0.05) is 12.1 Å². The van der Waals surface area contributed by atoms with E-state index in [2.05, 4.69) is 9.47 Å². The Kier molecular flexibility index (Phi) is 5.10. The number of alkyl halides is 2. The van der Waals surface area contributed by atoms with Crippen LogP contribution in [0.3, 0.4) is 0 Å². The van der Waals surface area contributed by atoms with E-state index in [1.807, 2.05) is 0 Å². The second-order valence-electron chi connectivity index (χ2n) is 5.73. The van der Waals surface area contributed by atoms with Gasteiger partial charge in [-0.3, -0.25) is 0 Å². The topological polar surface area (TPSA) is 135 Å². The molecule has 144 valence electrons. The molecule has 11 heteroatoms. The average Bonchev–Trinajstić information content (AvgIpc) is 2.93. The van der Waals surface area contributed by atoms with Crippen LogP contribution in [0.4, 0.5) is 8.78 Å². The number of rotatable bonds is 5. The van der Waals surface area contributed by atoms with E-state index < -0.39 is 55.5 Å². The van der Waals surface area contributed by atoms with Gasteiger partial charge in [0.25, 0.3) is 0 Å². The van der Waals surface area contributed by atoms with Gasteiger partial charge in [-0.2, -0.15) is 0 Å². The number of hydrogen-bond donors (Lipinski definition) is 4. The Bertz CT molecular complexity index is 669. The normalized spacial score (nSPS) is 33.7. The number of para-hydroxylation sites is 1. The first-order valence-electron chi connectivity index (χ1n) is 7.57. The molecule has 1 saturated heterocycles. The molecule has 0 aromatic heterocycles.